The molecule has 1 aromatic heterocycles. The van der Waals surface area contributed by atoms with Gasteiger partial charge < -0.3 is 10.1 Å². The summed E-state index contributed by atoms with van der Waals surface area (Å²) in [6.45, 7) is 0.869. The van der Waals surface area contributed by atoms with E-state index in [1.807, 2.05) is 18.2 Å². The maximum Gasteiger partial charge on any atom is 0.230 e. The van der Waals surface area contributed by atoms with Gasteiger partial charge >= 0.3 is 0 Å². The molecule has 3 fully saturated rings. The Kier molecular flexibility index (Phi) is 4.58. The molecule has 0 spiro atoms. The molecule has 4 nitrogen and oxygen atoms in total. The first-order chi connectivity index (χ1) is 11.3. The van der Waals surface area contributed by atoms with Crippen molar-refractivity contribution >= 4 is 17.7 Å². The Labute approximate surface area is 141 Å². The molecule has 3 aliphatic rings. The molecule has 2 aliphatic carbocycles. The molecule has 4 atom stereocenters. The van der Waals surface area contributed by atoms with Crippen LogP contribution < -0.4 is 5.32 Å². The number of rotatable bonds is 5. The first-order valence-electron chi connectivity index (χ1n) is 8.78. The van der Waals surface area contributed by atoms with Crippen LogP contribution in [0.4, 0.5) is 0 Å². The molecule has 1 amide bonds. The van der Waals surface area contributed by atoms with Crippen LogP contribution in [0.5, 0.6) is 0 Å². The van der Waals surface area contributed by atoms with Gasteiger partial charge in [0.05, 0.1) is 16.9 Å². The van der Waals surface area contributed by atoms with Crippen LogP contribution in [0.1, 0.15) is 32.1 Å². The Bertz CT molecular complexity index is 542. The number of carbonyl (C=O) groups is 1. The molecule has 0 aromatic carbocycles. The van der Waals surface area contributed by atoms with Crippen LogP contribution in [0.15, 0.2) is 29.4 Å². The summed E-state index contributed by atoms with van der Waals surface area (Å²) >= 11 is 1.51. The Hall–Kier alpha value is -1.07. The van der Waals surface area contributed by atoms with E-state index in [9.17, 15) is 4.79 Å². The van der Waals surface area contributed by atoms with Crippen LogP contribution in [0.3, 0.4) is 0 Å². The van der Waals surface area contributed by atoms with Gasteiger partial charge in [0.25, 0.3) is 0 Å². The highest BCUT2D eigenvalue weighted by molar-refractivity contribution is 7.99. The first-order valence-corrected chi connectivity index (χ1v) is 9.76. The molecule has 0 bridgehead atoms. The highest BCUT2D eigenvalue weighted by atomic mass is 32.2. The normalized spacial score (nSPS) is 33.2. The van der Waals surface area contributed by atoms with E-state index < -0.39 is 0 Å². The third-order valence-electron chi connectivity index (χ3n) is 5.70. The molecule has 1 saturated heterocycles. The van der Waals surface area contributed by atoms with Crippen LogP contribution in [0, 0.1) is 17.8 Å². The van der Waals surface area contributed by atoms with E-state index >= 15 is 0 Å². The van der Waals surface area contributed by atoms with Crippen molar-refractivity contribution in [3.63, 3.8) is 0 Å². The molecule has 1 N–H and O–H groups in total. The number of carbonyl (C=O) groups excluding carboxylic acids is 1. The minimum absolute atomic E-state index is 0.138. The van der Waals surface area contributed by atoms with Crippen molar-refractivity contribution in [1.29, 1.82) is 0 Å². The number of amides is 1. The van der Waals surface area contributed by atoms with Crippen LogP contribution in [-0.2, 0) is 9.53 Å². The maximum absolute atomic E-state index is 12.4. The number of hydrogen-bond donors (Lipinski definition) is 1. The zero-order valence-electron chi connectivity index (χ0n) is 13.3. The number of nitrogens with zero attached hydrogens (tertiary/aromatic N) is 1. The van der Waals surface area contributed by atoms with Gasteiger partial charge in [0.2, 0.25) is 5.91 Å². The molecule has 5 heteroatoms. The SMILES string of the molecule is O=C(CSc1ccccn1)N[C@@H]1[C@@H]2CCO[C@@H]2[C@@H]1C1CCCC1. The number of hydrogen-bond acceptors (Lipinski definition) is 4. The standard InChI is InChI=1S/C18H24N2O2S/c21-14(11-23-15-7-3-4-9-19-15)20-17-13-8-10-22-18(13)16(17)12-5-1-2-6-12/h3-4,7,9,12-13,16-18H,1-2,5-6,8,10-11H2,(H,20,21)/t13-,16+,17+,18-/m0/s1. The van der Waals surface area contributed by atoms with Gasteiger partial charge in [0.15, 0.2) is 0 Å². The predicted molar refractivity (Wildman–Crippen MR) is 90.2 cm³/mol. The van der Waals surface area contributed by atoms with Gasteiger partial charge in [-0.2, -0.15) is 0 Å². The van der Waals surface area contributed by atoms with Crippen LogP contribution >= 0.6 is 11.8 Å². The van der Waals surface area contributed by atoms with E-state index in [1.165, 1.54) is 37.4 Å². The molecular formula is C18H24N2O2S. The zero-order valence-corrected chi connectivity index (χ0v) is 14.1. The molecule has 1 aromatic rings. The van der Waals surface area contributed by atoms with Crippen LogP contribution in [0.2, 0.25) is 0 Å². The average molecular weight is 332 g/mol. The predicted octanol–water partition coefficient (Wildman–Crippen LogP) is 2.88. The quantitative estimate of drug-likeness (QED) is 0.843. The largest absolute Gasteiger partial charge is 0.377 e. The van der Waals surface area contributed by atoms with E-state index in [-0.39, 0.29) is 5.91 Å². The molecule has 23 heavy (non-hydrogen) atoms. The topological polar surface area (TPSA) is 51.2 Å². The van der Waals surface area contributed by atoms with Crippen molar-refractivity contribution in [2.75, 3.05) is 12.4 Å². The Balaban J connectivity index is 1.34. The summed E-state index contributed by atoms with van der Waals surface area (Å²) in [4.78, 5) is 16.6. The number of pyridine rings is 1. The molecule has 4 rings (SSSR count). The summed E-state index contributed by atoms with van der Waals surface area (Å²) in [7, 11) is 0. The van der Waals surface area contributed by atoms with Crippen molar-refractivity contribution in [3.8, 4) is 0 Å². The summed E-state index contributed by atoms with van der Waals surface area (Å²) < 4.78 is 5.95. The lowest BCUT2D eigenvalue weighted by molar-refractivity contribution is -0.127. The molecule has 1 aliphatic heterocycles. The smallest absolute Gasteiger partial charge is 0.230 e. The molecule has 124 valence electrons. The van der Waals surface area contributed by atoms with E-state index in [0.717, 1.165) is 24.0 Å². The Morgan fingerprint density at radius 3 is 2.96 bits per heavy atom. The second-order valence-electron chi connectivity index (χ2n) is 6.96. The number of nitrogens with one attached hydrogen (secondary N) is 1. The van der Waals surface area contributed by atoms with Crippen molar-refractivity contribution in [2.45, 2.75) is 49.3 Å². The summed E-state index contributed by atoms with van der Waals surface area (Å²) in [6, 6.07) is 6.13. The first kappa shape index (κ1) is 15.5. The van der Waals surface area contributed by atoms with Gasteiger partial charge in [-0.1, -0.05) is 43.5 Å². The second-order valence-corrected chi connectivity index (χ2v) is 7.96. The monoisotopic (exact) mass is 332 g/mol. The van der Waals surface area contributed by atoms with Gasteiger partial charge in [-0.25, -0.2) is 4.98 Å². The minimum atomic E-state index is 0.138. The number of aromatic nitrogens is 1. The Morgan fingerprint density at radius 2 is 2.17 bits per heavy atom. The summed E-state index contributed by atoms with van der Waals surface area (Å²) in [5.41, 5.74) is 0. The average Bonchev–Trinajstić information content (AvgIpc) is 3.23. The number of thioether (sulfide) groups is 1. The fourth-order valence-electron chi connectivity index (χ4n) is 4.66. The van der Waals surface area contributed by atoms with Crippen LogP contribution in [-0.4, -0.2) is 35.4 Å². The lowest BCUT2D eigenvalue weighted by Crippen LogP contribution is -2.63. The lowest BCUT2D eigenvalue weighted by Gasteiger charge is -2.50. The fourth-order valence-corrected chi connectivity index (χ4v) is 5.33. The molecular weight excluding hydrogens is 308 g/mol. The van der Waals surface area contributed by atoms with E-state index in [4.69, 9.17) is 4.74 Å². The summed E-state index contributed by atoms with van der Waals surface area (Å²) in [6.07, 6.45) is 8.59. The van der Waals surface area contributed by atoms with E-state index in [0.29, 0.717) is 29.7 Å². The highest BCUT2D eigenvalue weighted by Gasteiger charge is 2.56. The van der Waals surface area contributed by atoms with E-state index in [2.05, 4.69) is 10.3 Å². The van der Waals surface area contributed by atoms with Gasteiger partial charge in [0, 0.05) is 30.7 Å². The Morgan fingerprint density at radius 1 is 1.30 bits per heavy atom. The zero-order chi connectivity index (χ0) is 15.6. The van der Waals surface area contributed by atoms with Crippen LogP contribution in [0.25, 0.3) is 0 Å². The summed E-state index contributed by atoms with van der Waals surface area (Å²) in [5.74, 6) is 2.43. The van der Waals surface area contributed by atoms with Gasteiger partial charge in [0.1, 0.15) is 0 Å². The van der Waals surface area contributed by atoms with Gasteiger partial charge in [-0.15, -0.1) is 0 Å². The third kappa shape index (κ3) is 3.13. The fraction of sp³-hybridized carbons (Fsp3) is 0.667. The molecule has 2 heterocycles. The third-order valence-corrected chi connectivity index (χ3v) is 6.64. The van der Waals surface area contributed by atoms with E-state index in [1.54, 1.807) is 6.20 Å². The maximum atomic E-state index is 12.4. The number of fused-ring (bicyclic) bond motifs is 1. The van der Waals surface area contributed by atoms with Crippen molar-refractivity contribution in [1.82, 2.24) is 10.3 Å². The van der Waals surface area contributed by atoms with Gasteiger partial charge in [-0.05, 0) is 24.5 Å². The lowest BCUT2D eigenvalue weighted by atomic mass is 9.61. The minimum Gasteiger partial charge on any atom is -0.377 e. The van der Waals surface area contributed by atoms with Gasteiger partial charge in [-0.3, -0.25) is 4.79 Å². The molecule has 2 saturated carbocycles. The van der Waals surface area contributed by atoms with Crippen molar-refractivity contribution in [2.24, 2.45) is 17.8 Å². The highest BCUT2D eigenvalue weighted by Crippen LogP contribution is 2.51. The second kappa shape index (κ2) is 6.81. The van der Waals surface area contributed by atoms with Crippen molar-refractivity contribution < 1.29 is 9.53 Å². The molecule has 0 unspecified atom stereocenters. The number of ether oxygens (including phenoxy) is 1. The summed E-state index contributed by atoms with van der Waals surface area (Å²) in [5, 5.41) is 4.23. The van der Waals surface area contributed by atoms with Crippen molar-refractivity contribution in [3.05, 3.63) is 24.4 Å². The molecule has 0 radical (unpaired) electrons.